The second-order valence-corrected chi connectivity index (χ2v) is 4.45. The number of hydrogen-bond acceptors (Lipinski definition) is 2. The molecule has 0 aromatic heterocycles. The number of hydrogen-bond donors (Lipinski definition) is 2. The van der Waals surface area contributed by atoms with Crippen molar-refractivity contribution in [2.75, 3.05) is 0 Å². The molecule has 0 radical (unpaired) electrons. The first-order chi connectivity index (χ1) is 8.63. The minimum absolute atomic E-state index is 0.0764. The highest BCUT2D eigenvalue weighted by Gasteiger charge is 2.05. The molecule has 0 unspecified atom stereocenters. The van der Waals surface area contributed by atoms with Crippen LogP contribution in [0.5, 0.6) is 11.5 Å². The van der Waals surface area contributed by atoms with E-state index in [4.69, 9.17) is 0 Å². The van der Waals surface area contributed by atoms with E-state index < -0.39 is 0 Å². The van der Waals surface area contributed by atoms with Gasteiger partial charge in [-0.3, -0.25) is 0 Å². The van der Waals surface area contributed by atoms with Crippen molar-refractivity contribution in [3.63, 3.8) is 0 Å². The lowest BCUT2D eigenvalue weighted by Gasteiger charge is -2.09. The summed E-state index contributed by atoms with van der Waals surface area (Å²) in [7, 11) is 0. The topological polar surface area (TPSA) is 40.5 Å². The van der Waals surface area contributed by atoms with E-state index in [2.05, 4.69) is 32.0 Å². The Morgan fingerprint density at radius 2 is 1.33 bits per heavy atom. The fraction of sp³-hybridized carbons (Fsp3) is 0.250. The van der Waals surface area contributed by atoms with Crippen LogP contribution in [0.3, 0.4) is 0 Å². The molecule has 0 bridgehead atoms. The Labute approximate surface area is 108 Å². The summed E-state index contributed by atoms with van der Waals surface area (Å²) in [5.41, 5.74) is 4.59. The van der Waals surface area contributed by atoms with Gasteiger partial charge < -0.3 is 10.2 Å². The van der Waals surface area contributed by atoms with Crippen LogP contribution in [-0.2, 0) is 12.8 Å². The maximum Gasteiger partial charge on any atom is 0.158 e. The van der Waals surface area contributed by atoms with E-state index in [1.165, 1.54) is 17.2 Å². The molecule has 0 aliphatic carbocycles. The molecule has 0 amide bonds. The number of aryl methyl sites for hydroxylation is 2. The molecule has 94 valence electrons. The van der Waals surface area contributed by atoms with Crippen LogP contribution in [0.1, 0.15) is 25.0 Å². The van der Waals surface area contributed by atoms with Crippen LogP contribution in [0.25, 0.3) is 11.1 Å². The highest BCUT2D eigenvalue weighted by atomic mass is 16.3. The lowest BCUT2D eigenvalue weighted by atomic mass is 9.97. The smallest absolute Gasteiger partial charge is 0.158 e. The highest BCUT2D eigenvalue weighted by molar-refractivity contribution is 5.68. The lowest BCUT2D eigenvalue weighted by molar-refractivity contribution is 0.404. The molecule has 0 heterocycles. The maximum atomic E-state index is 9.56. The van der Waals surface area contributed by atoms with E-state index in [0.717, 1.165) is 24.0 Å². The molecule has 0 fully saturated rings. The second kappa shape index (κ2) is 5.13. The zero-order valence-corrected chi connectivity index (χ0v) is 10.8. The van der Waals surface area contributed by atoms with Gasteiger partial charge in [-0.05, 0) is 47.2 Å². The molecule has 2 rings (SSSR count). The van der Waals surface area contributed by atoms with Gasteiger partial charge in [0.15, 0.2) is 11.5 Å². The number of aromatic hydroxyl groups is 2. The van der Waals surface area contributed by atoms with Crippen LogP contribution in [0, 0.1) is 0 Å². The summed E-state index contributed by atoms with van der Waals surface area (Å²) in [5.74, 6) is -0.159. The summed E-state index contributed by atoms with van der Waals surface area (Å²) >= 11 is 0. The first kappa shape index (κ1) is 12.5. The van der Waals surface area contributed by atoms with Gasteiger partial charge in [0.25, 0.3) is 0 Å². The zero-order valence-electron chi connectivity index (χ0n) is 10.8. The normalized spacial score (nSPS) is 10.6. The standard InChI is InChI=1S/C16H18O2/c1-3-11-7-12(4-2)9-14(8-11)13-5-6-15(17)16(18)10-13/h5-10,17-18H,3-4H2,1-2H3. The van der Waals surface area contributed by atoms with E-state index in [1.54, 1.807) is 6.07 Å². The minimum Gasteiger partial charge on any atom is -0.504 e. The van der Waals surface area contributed by atoms with Crippen LogP contribution in [0.2, 0.25) is 0 Å². The first-order valence-corrected chi connectivity index (χ1v) is 6.29. The van der Waals surface area contributed by atoms with Crippen molar-refractivity contribution in [1.82, 2.24) is 0 Å². The Morgan fingerprint density at radius 1 is 0.722 bits per heavy atom. The molecule has 0 saturated heterocycles. The van der Waals surface area contributed by atoms with Crippen molar-refractivity contribution < 1.29 is 10.2 Å². The predicted molar refractivity (Wildman–Crippen MR) is 74.0 cm³/mol. The number of rotatable bonds is 3. The van der Waals surface area contributed by atoms with E-state index in [1.807, 2.05) is 6.07 Å². The molecule has 18 heavy (non-hydrogen) atoms. The summed E-state index contributed by atoms with van der Waals surface area (Å²) in [5, 5.41) is 18.9. The Kier molecular flexibility index (Phi) is 3.56. The van der Waals surface area contributed by atoms with Crippen molar-refractivity contribution >= 4 is 0 Å². The van der Waals surface area contributed by atoms with Crippen molar-refractivity contribution in [3.05, 3.63) is 47.5 Å². The molecule has 2 heteroatoms. The minimum atomic E-state index is -0.0823. The van der Waals surface area contributed by atoms with Gasteiger partial charge in [0.2, 0.25) is 0 Å². The largest absolute Gasteiger partial charge is 0.504 e. The van der Waals surface area contributed by atoms with Crippen molar-refractivity contribution in [2.24, 2.45) is 0 Å². The van der Waals surface area contributed by atoms with Gasteiger partial charge in [-0.25, -0.2) is 0 Å². The van der Waals surface area contributed by atoms with Crippen molar-refractivity contribution in [2.45, 2.75) is 26.7 Å². The van der Waals surface area contributed by atoms with Crippen LogP contribution in [0.4, 0.5) is 0 Å². The first-order valence-electron chi connectivity index (χ1n) is 6.29. The third kappa shape index (κ3) is 2.48. The van der Waals surface area contributed by atoms with Gasteiger partial charge in [-0.1, -0.05) is 38.1 Å². The maximum absolute atomic E-state index is 9.56. The average Bonchev–Trinajstić information content (AvgIpc) is 2.41. The van der Waals surface area contributed by atoms with Crippen LogP contribution in [0.15, 0.2) is 36.4 Å². The molecule has 2 N–H and O–H groups in total. The van der Waals surface area contributed by atoms with E-state index >= 15 is 0 Å². The van der Waals surface area contributed by atoms with Gasteiger partial charge >= 0.3 is 0 Å². The highest BCUT2D eigenvalue weighted by Crippen LogP contribution is 2.31. The van der Waals surface area contributed by atoms with Crippen LogP contribution in [-0.4, -0.2) is 10.2 Å². The van der Waals surface area contributed by atoms with Gasteiger partial charge in [0.1, 0.15) is 0 Å². The molecule has 2 nitrogen and oxygen atoms in total. The second-order valence-electron chi connectivity index (χ2n) is 4.45. The zero-order chi connectivity index (χ0) is 13.1. The predicted octanol–water partition coefficient (Wildman–Crippen LogP) is 3.89. The van der Waals surface area contributed by atoms with E-state index in [0.29, 0.717) is 0 Å². The molecule has 0 aliphatic rings. The van der Waals surface area contributed by atoms with E-state index in [9.17, 15) is 10.2 Å². The van der Waals surface area contributed by atoms with Gasteiger partial charge in [0.05, 0.1) is 0 Å². The fourth-order valence-electron chi connectivity index (χ4n) is 2.04. The summed E-state index contributed by atoms with van der Waals surface area (Å²) in [6.07, 6.45) is 1.98. The Bertz CT molecular complexity index is 537. The quantitative estimate of drug-likeness (QED) is 0.802. The number of benzene rings is 2. The van der Waals surface area contributed by atoms with Crippen molar-refractivity contribution in [1.29, 1.82) is 0 Å². The Balaban J connectivity index is 2.51. The van der Waals surface area contributed by atoms with Crippen molar-refractivity contribution in [3.8, 4) is 22.6 Å². The summed E-state index contributed by atoms with van der Waals surface area (Å²) < 4.78 is 0. The Hall–Kier alpha value is -1.96. The van der Waals surface area contributed by atoms with Gasteiger partial charge in [0, 0.05) is 0 Å². The monoisotopic (exact) mass is 242 g/mol. The Morgan fingerprint density at radius 3 is 1.83 bits per heavy atom. The van der Waals surface area contributed by atoms with Crippen LogP contribution >= 0.6 is 0 Å². The van der Waals surface area contributed by atoms with Gasteiger partial charge in [-0.15, -0.1) is 0 Å². The molecular formula is C16H18O2. The number of phenols is 2. The number of phenolic OH excluding ortho intramolecular Hbond substituents is 2. The fourth-order valence-corrected chi connectivity index (χ4v) is 2.04. The summed E-state index contributed by atoms with van der Waals surface area (Å²) in [4.78, 5) is 0. The summed E-state index contributed by atoms with van der Waals surface area (Å²) in [6.45, 7) is 4.26. The molecule has 0 saturated carbocycles. The molecule has 2 aromatic rings. The third-order valence-electron chi connectivity index (χ3n) is 3.18. The lowest BCUT2D eigenvalue weighted by Crippen LogP contribution is -1.89. The molecule has 0 atom stereocenters. The average molecular weight is 242 g/mol. The van der Waals surface area contributed by atoms with Crippen LogP contribution < -0.4 is 0 Å². The molecule has 0 aliphatic heterocycles. The van der Waals surface area contributed by atoms with E-state index in [-0.39, 0.29) is 11.5 Å². The SMILES string of the molecule is CCc1cc(CC)cc(-c2ccc(O)c(O)c2)c1. The summed E-state index contributed by atoms with van der Waals surface area (Å²) in [6, 6.07) is 11.4. The molecular weight excluding hydrogens is 224 g/mol. The van der Waals surface area contributed by atoms with Gasteiger partial charge in [-0.2, -0.15) is 0 Å². The molecule has 0 spiro atoms. The molecule has 2 aromatic carbocycles. The third-order valence-corrected chi connectivity index (χ3v) is 3.18.